The number of hydrogen-bond acceptors (Lipinski definition) is 4. The lowest BCUT2D eigenvalue weighted by Gasteiger charge is -2.13. The minimum Gasteiger partial charge on any atom is -0.472 e. The lowest BCUT2D eigenvalue weighted by Crippen LogP contribution is -2.19. The predicted octanol–water partition coefficient (Wildman–Crippen LogP) is 2.24. The SMILES string of the molecule is CCOCC(C)Oc1cc(Cl)nc(C)n1. The molecule has 1 rings (SSSR count). The molecule has 0 aromatic carbocycles. The van der Waals surface area contributed by atoms with Crippen LogP contribution in [0.2, 0.25) is 5.15 Å². The summed E-state index contributed by atoms with van der Waals surface area (Å²) in [5.41, 5.74) is 0. The maximum Gasteiger partial charge on any atom is 0.218 e. The van der Waals surface area contributed by atoms with E-state index < -0.39 is 0 Å². The Labute approximate surface area is 94.6 Å². The number of nitrogens with zero attached hydrogens (tertiary/aromatic N) is 2. The van der Waals surface area contributed by atoms with Gasteiger partial charge in [-0.3, -0.25) is 0 Å². The molecule has 0 aliphatic carbocycles. The van der Waals surface area contributed by atoms with Gasteiger partial charge in [-0.2, -0.15) is 4.98 Å². The second kappa shape index (κ2) is 5.88. The van der Waals surface area contributed by atoms with E-state index in [4.69, 9.17) is 21.1 Å². The van der Waals surface area contributed by atoms with Gasteiger partial charge < -0.3 is 9.47 Å². The summed E-state index contributed by atoms with van der Waals surface area (Å²) in [7, 11) is 0. The van der Waals surface area contributed by atoms with E-state index in [1.54, 1.807) is 13.0 Å². The van der Waals surface area contributed by atoms with Gasteiger partial charge in [0.05, 0.1) is 6.61 Å². The average molecular weight is 231 g/mol. The molecular weight excluding hydrogens is 216 g/mol. The van der Waals surface area contributed by atoms with Gasteiger partial charge in [-0.15, -0.1) is 0 Å². The maximum atomic E-state index is 5.78. The Morgan fingerprint density at radius 3 is 2.80 bits per heavy atom. The lowest BCUT2D eigenvalue weighted by atomic mass is 10.4. The van der Waals surface area contributed by atoms with Crippen LogP contribution in [-0.4, -0.2) is 29.3 Å². The van der Waals surface area contributed by atoms with Crippen molar-refractivity contribution in [1.82, 2.24) is 9.97 Å². The number of hydrogen-bond donors (Lipinski definition) is 0. The minimum atomic E-state index is -0.0460. The van der Waals surface area contributed by atoms with E-state index in [2.05, 4.69) is 9.97 Å². The number of rotatable bonds is 5. The quantitative estimate of drug-likeness (QED) is 0.728. The average Bonchev–Trinajstić information content (AvgIpc) is 2.13. The molecule has 84 valence electrons. The fraction of sp³-hybridized carbons (Fsp3) is 0.600. The van der Waals surface area contributed by atoms with Crippen LogP contribution in [0.3, 0.4) is 0 Å². The molecule has 0 aliphatic heterocycles. The van der Waals surface area contributed by atoms with Crippen LogP contribution in [0.1, 0.15) is 19.7 Å². The van der Waals surface area contributed by atoms with Crippen LogP contribution >= 0.6 is 11.6 Å². The van der Waals surface area contributed by atoms with E-state index in [0.717, 1.165) is 0 Å². The fourth-order valence-electron chi connectivity index (χ4n) is 1.09. The smallest absolute Gasteiger partial charge is 0.218 e. The van der Waals surface area contributed by atoms with Crippen molar-refractivity contribution >= 4 is 11.6 Å². The summed E-state index contributed by atoms with van der Waals surface area (Å²) >= 11 is 5.78. The molecule has 15 heavy (non-hydrogen) atoms. The van der Waals surface area contributed by atoms with Crippen LogP contribution < -0.4 is 4.74 Å². The molecule has 4 nitrogen and oxygen atoms in total. The number of aryl methyl sites for hydroxylation is 1. The Balaban J connectivity index is 2.56. The second-order valence-electron chi connectivity index (χ2n) is 3.16. The van der Waals surface area contributed by atoms with Gasteiger partial charge in [0.1, 0.15) is 17.1 Å². The van der Waals surface area contributed by atoms with Gasteiger partial charge in [-0.25, -0.2) is 4.98 Å². The number of halogens is 1. The van der Waals surface area contributed by atoms with Gasteiger partial charge in [-0.1, -0.05) is 11.6 Å². The molecule has 1 atom stereocenters. The van der Waals surface area contributed by atoms with Crippen molar-refractivity contribution in [2.45, 2.75) is 26.9 Å². The first kappa shape index (κ1) is 12.2. The molecule has 0 spiro atoms. The normalized spacial score (nSPS) is 12.5. The van der Waals surface area contributed by atoms with Crippen molar-refractivity contribution < 1.29 is 9.47 Å². The standard InChI is InChI=1S/C10H15ClN2O2/c1-4-14-6-7(2)15-10-5-9(11)12-8(3)13-10/h5,7H,4,6H2,1-3H3. The summed E-state index contributed by atoms with van der Waals surface area (Å²) in [6.45, 7) is 6.85. The zero-order chi connectivity index (χ0) is 11.3. The Kier molecular flexibility index (Phi) is 4.78. The Bertz CT molecular complexity index is 300. The van der Waals surface area contributed by atoms with Gasteiger partial charge in [0.25, 0.3) is 0 Å². The van der Waals surface area contributed by atoms with Crippen molar-refractivity contribution in [2.24, 2.45) is 0 Å². The molecule has 0 fully saturated rings. The van der Waals surface area contributed by atoms with Crippen LogP contribution in [0.5, 0.6) is 5.88 Å². The third-order valence-electron chi connectivity index (χ3n) is 1.66. The van der Waals surface area contributed by atoms with E-state index in [0.29, 0.717) is 30.1 Å². The Morgan fingerprint density at radius 2 is 2.20 bits per heavy atom. The van der Waals surface area contributed by atoms with Gasteiger partial charge in [0.15, 0.2) is 0 Å². The van der Waals surface area contributed by atoms with Crippen molar-refractivity contribution in [1.29, 1.82) is 0 Å². The summed E-state index contributed by atoms with van der Waals surface area (Å²) in [6, 6.07) is 1.59. The minimum absolute atomic E-state index is 0.0460. The summed E-state index contributed by atoms with van der Waals surface area (Å²) < 4.78 is 10.7. The molecule has 0 radical (unpaired) electrons. The molecule has 1 aromatic heterocycles. The van der Waals surface area contributed by atoms with Crippen LogP contribution in [-0.2, 0) is 4.74 Å². The van der Waals surface area contributed by atoms with Gasteiger partial charge in [-0.05, 0) is 20.8 Å². The van der Waals surface area contributed by atoms with E-state index in [1.807, 2.05) is 13.8 Å². The third kappa shape index (κ3) is 4.44. The molecule has 0 aliphatic rings. The predicted molar refractivity (Wildman–Crippen MR) is 58.4 cm³/mol. The van der Waals surface area contributed by atoms with Crippen LogP contribution in [0, 0.1) is 6.92 Å². The first-order chi connectivity index (χ1) is 7.11. The first-order valence-electron chi connectivity index (χ1n) is 4.87. The third-order valence-corrected chi connectivity index (χ3v) is 1.86. The highest BCUT2D eigenvalue weighted by atomic mass is 35.5. The van der Waals surface area contributed by atoms with E-state index in [9.17, 15) is 0 Å². The monoisotopic (exact) mass is 230 g/mol. The maximum absolute atomic E-state index is 5.78. The zero-order valence-corrected chi connectivity index (χ0v) is 9.91. The number of ether oxygens (including phenoxy) is 2. The Hall–Kier alpha value is -0.870. The second-order valence-corrected chi connectivity index (χ2v) is 3.55. The van der Waals surface area contributed by atoms with Gasteiger partial charge in [0, 0.05) is 12.7 Å². The molecule has 0 saturated heterocycles. The fourth-order valence-corrected chi connectivity index (χ4v) is 1.31. The van der Waals surface area contributed by atoms with Crippen LogP contribution in [0.25, 0.3) is 0 Å². The first-order valence-corrected chi connectivity index (χ1v) is 5.25. The highest BCUT2D eigenvalue weighted by molar-refractivity contribution is 6.29. The topological polar surface area (TPSA) is 44.2 Å². The molecule has 1 aromatic rings. The summed E-state index contributed by atoms with van der Waals surface area (Å²) in [5.74, 6) is 1.08. The van der Waals surface area contributed by atoms with Crippen molar-refractivity contribution in [3.8, 4) is 5.88 Å². The van der Waals surface area contributed by atoms with Crippen molar-refractivity contribution in [2.75, 3.05) is 13.2 Å². The summed E-state index contributed by atoms with van der Waals surface area (Å²) in [6.07, 6.45) is -0.0460. The molecule has 5 heteroatoms. The molecule has 1 heterocycles. The highest BCUT2D eigenvalue weighted by Crippen LogP contribution is 2.14. The molecule has 0 N–H and O–H groups in total. The van der Waals surface area contributed by atoms with Crippen molar-refractivity contribution in [3.05, 3.63) is 17.0 Å². The summed E-state index contributed by atoms with van der Waals surface area (Å²) in [5, 5.41) is 0.390. The molecule has 0 saturated carbocycles. The summed E-state index contributed by atoms with van der Waals surface area (Å²) in [4.78, 5) is 8.06. The zero-order valence-electron chi connectivity index (χ0n) is 9.16. The van der Waals surface area contributed by atoms with Crippen molar-refractivity contribution in [3.63, 3.8) is 0 Å². The van der Waals surface area contributed by atoms with E-state index >= 15 is 0 Å². The van der Waals surface area contributed by atoms with Gasteiger partial charge in [0.2, 0.25) is 5.88 Å². The van der Waals surface area contributed by atoms with Crippen LogP contribution in [0.15, 0.2) is 6.07 Å². The van der Waals surface area contributed by atoms with E-state index in [1.165, 1.54) is 0 Å². The molecule has 0 bridgehead atoms. The lowest BCUT2D eigenvalue weighted by molar-refractivity contribution is 0.0632. The van der Waals surface area contributed by atoms with Crippen LogP contribution in [0.4, 0.5) is 0 Å². The van der Waals surface area contributed by atoms with E-state index in [-0.39, 0.29) is 6.10 Å². The molecule has 1 unspecified atom stereocenters. The molecular formula is C10H15ClN2O2. The van der Waals surface area contributed by atoms with Gasteiger partial charge >= 0.3 is 0 Å². The molecule has 0 amide bonds. The Morgan fingerprint density at radius 1 is 1.47 bits per heavy atom. The highest BCUT2D eigenvalue weighted by Gasteiger charge is 2.06. The number of aromatic nitrogens is 2. The largest absolute Gasteiger partial charge is 0.472 e.